The number of aryl methyl sites for hydroxylation is 1. The maximum Gasteiger partial charge on any atom is 0.224 e. The number of nitrogens with zero attached hydrogens (tertiary/aromatic N) is 1. The van der Waals surface area contributed by atoms with Gasteiger partial charge in [-0.2, -0.15) is 0 Å². The minimum atomic E-state index is 0.141. The molecule has 0 spiro atoms. The molecule has 0 aromatic heterocycles. The fourth-order valence-electron chi connectivity index (χ4n) is 3.96. The number of carbonyl (C=O) groups is 1. The summed E-state index contributed by atoms with van der Waals surface area (Å²) in [6, 6.07) is 21.0. The number of amides is 1. The van der Waals surface area contributed by atoms with Crippen LogP contribution < -0.4 is 10.2 Å². The molecule has 3 nitrogen and oxygen atoms in total. The second-order valence-corrected chi connectivity index (χ2v) is 6.90. The van der Waals surface area contributed by atoms with Crippen LogP contribution in [0.25, 0.3) is 0 Å². The van der Waals surface area contributed by atoms with Gasteiger partial charge < -0.3 is 10.2 Å². The van der Waals surface area contributed by atoms with Crippen molar-refractivity contribution in [1.82, 2.24) is 5.32 Å². The van der Waals surface area contributed by atoms with Crippen molar-refractivity contribution in [2.24, 2.45) is 5.92 Å². The number of rotatable bonds is 6. The highest BCUT2D eigenvalue weighted by Gasteiger charge is 2.31. The largest absolute Gasteiger partial charge is 0.317 e. The van der Waals surface area contributed by atoms with Gasteiger partial charge in [-0.1, -0.05) is 48.5 Å². The molecular weight excluding hydrogens is 308 g/mol. The molecule has 0 aliphatic carbocycles. The Morgan fingerprint density at radius 3 is 2.24 bits per heavy atom. The van der Waals surface area contributed by atoms with Crippen LogP contribution in [-0.2, 0) is 11.2 Å². The van der Waals surface area contributed by atoms with E-state index in [4.69, 9.17) is 0 Å². The van der Waals surface area contributed by atoms with E-state index < -0.39 is 0 Å². The number of anilines is 1. The maximum absolute atomic E-state index is 12.6. The van der Waals surface area contributed by atoms with Gasteiger partial charge in [0, 0.05) is 18.7 Å². The van der Waals surface area contributed by atoms with Gasteiger partial charge in [0.25, 0.3) is 0 Å². The van der Waals surface area contributed by atoms with Gasteiger partial charge in [-0.3, -0.25) is 4.79 Å². The van der Waals surface area contributed by atoms with E-state index in [0.717, 1.165) is 44.5 Å². The highest BCUT2D eigenvalue weighted by Crippen LogP contribution is 2.29. The topological polar surface area (TPSA) is 32.3 Å². The summed E-state index contributed by atoms with van der Waals surface area (Å²) in [4.78, 5) is 14.6. The van der Waals surface area contributed by atoms with Crippen molar-refractivity contribution in [2.75, 3.05) is 18.0 Å². The van der Waals surface area contributed by atoms with E-state index in [0.29, 0.717) is 5.92 Å². The molecule has 1 aliphatic heterocycles. The van der Waals surface area contributed by atoms with Crippen molar-refractivity contribution in [2.45, 2.75) is 38.6 Å². The smallest absolute Gasteiger partial charge is 0.224 e. The van der Waals surface area contributed by atoms with Crippen LogP contribution in [0.4, 0.5) is 5.69 Å². The summed E-state index contributed by atoms with van der Waals surface area (Å²) in [5.74, 6) is 0.692. The molecule has 1 heterocycles. The molecular formula is C22H28N2O. The Bertz CT molecular complexity index is 650. The Morgan fingerprint density at radius 1 is 1.04 bits per heavy atom. The van der Waals surface area contributed by atoms with Crippen LogP contribution in [-0.4, -0.2) is 25.0 Å². The minimum Gasteiger partial charge on any atom is -0.317 e. The van der Waals surface area contributed by atoms with Crippen LogP contribution >= 0.6 is 0 Å². The van der Waals surface area contributed by atoms with Crippen LogP contribution in [0.15, 0.2) is 60.7 Å². The number of carbonyl (C=O) groups excluding carboxylic acids is 1. The van der Waals surface area contributed by atoms with Gasteiger partial charge >= 0.3 is 0 Å². The van der Waals surface area contributed by atoms with Crippen molar-refractivity contribution in [3.05, 3.63) is 66.2 Å². The molecule has 1 unspecified atom stereocenters. The molecule has 0 saturated carbocycles. The van der Waals surface area contributed by atoms with Crippen LogP contribution in [0.5, 0.6) is 0 Å². The number of hydrogen-bond donors (Lipinski definition) is 1. The van der Waals surface area contributed by atoms with Gasteiger partial charge in [0.05, 0.1) is 0 Å². The average Bonchev–Trinajstić information content (AvgIpc) is 2.67. The van der Waals surface area contributed by atoms with Crippen molar-refractivity contribution in [3.63, 3.8) is 0 Å². The zero-order valence-electron chi connectivity index (χ0n) is 15.0. The Kier molecular flexibility index (Phi) is 6.24. The predicted molar refractivity (Wildman–Crippen MR) is 104 cm³/mol. The monoisotopic (exact) mass is 336 g/mol. The maximum atomic E-state index is 12.6. The molecule has 1 saturated heterocycles. The van der Waals surface area contributed by atoms with E-state index in [2.05, 4.69) is 47.8 Å². The zero-order valence-corrected chi connectivity index (χ0v) is 15.0. The summed E-state index contributed by atoms with van der Waals surface area (Å²) in [6.07, 6.45) is 4.28. The Morgan fingerprint density at radius 2 is 1.64 bits per heavy atom. The number of benzene rings is 2. The summed E-state index contributed by atoms with van der Waals surface area (Å²) in [7, 11) is 0. The molecule has 2 aromatic rings. The standard InChI is InChI=1S/C22H28N2O/c1-18(25)24(21-10-6-3-7-11-21)22(20-14-16-23-17-15-20)13-12-19-8-4-2-5-9-19/h2-11,20,22-23H,12-17H2,1H3. The third-order valence-corrected chi connectivity index (χ3v) is 5.20. The highest BCUT2D eigenvalue weighted by molar-refractivity contribution is 5.92. The first kappa shape index (κ1) is 17.7. The van der Waals surface area contributed by atoms with Crippen LogP contribution in [0.1, 0.15) is 31.7 Å². The fourth-order valence-corrected chi connectivity index (χ4v) is 3.96. The Labute approximate surface area is 151 Å². The molecule has 132 valence electrons. The third kappa shape index (κ3) is 4.70. The van der Waals surface area contributed by atoms with Gasteiger partial charge in [0.1, 0.15) is 0 Å². The van der Waals surface area contributed by atoms with Crippen LogP contribution in [0.2, 0.25) is 0 Å². The normalized spacial score (nSPS) is 16.4. The molecule has 1 amide bonds. The van der Waals surface area contributed by atoms with Crippen LogP contribution in [0.3, 0.4) is 0 Å². The molecule has 25 heavy (non-hydrogen) atoms. The van der Waals surface area contributed by atoms with Crippen molar-refractivity contribution in [1.29, 1.82) is 0 Å². The van der Waals surface area contributed by atoms with E-state index in [1.807, 2.05) is 23.1 Å². The first-order valence-corrected chi connectivity index (χ1v) is 9.35. The van der Waals surface area contributed by atoms with E-state index in [9.17, 15) is 4.79 Å². The lowest BCUT2D eigenvalue weighted by Crippen LogP contribution is -2.47. The van der Waals surface area contributed by atoms with Gasteiger partial charge in [0.15, 0.2) is 0 Å². The van der Waals surface area contributed by atoms with E-state index >= 15 is 0 Å². The van der Waals surface area contributed by atoms with E-state index in [-0.39, 0.29) is 11.9 Å². The predicted octanol–water partition coefficient (Wildman–Crippen LogP) is 4.04. The Balaban J connectivity index is 1.84. The minimum absolute atomic E-state index is 0.141. The molecule has 3 rings (SSSR count). The molecule has 2 aromatic carbocycles. The molecule has 3 heteroatoms. The lowest BCUT2D eigenvalue weighted by molar-refractivity contribution is -0.117. The summed E-state index contributed by atoms with van der Waals surface area (Å²) >= 11 is 0. The van der Waals surface area contributed by atoms with E-state index in [1.54, 1.807) is 6.92 Å². The molecule has 0 radical (unpaired) electrons. The second kappa shape index (κ2) is 8.82. The molecule has 1 N–H and O–H groups in total. The highest BCUT2D eigenvalue weighted by atomic mass is 16.2. The van der Waals surface area contributed by atoms with Gasteiger partial charge in [-0.05, 0) is 62.4 Å². The summed E-state index contributed by atoms with van der Waals surface area (Å²) in [5, 5.41) is 3.45. The quantitative estimate of drug-likeness (QED) is 0.863. The number of para-hydroxylation sites is 1. The lowest BCUT2D eigenvalue weighted by Gasteiger charge is -2.39. The van der Waals surface area contributed by atoms with E-state index in [1.165, 1.54) is 5.56 Å². The fraction of sp³-hybridized carbons (Fsp3) is 0.409. The molecule has 1 aliphatic rings. The SMILES string of the molecule is CC(=O)N(c1ccccc1)C(CCc1ccccc1)C1CCNCC1. The number of nitrogens with one attached hydrogen (secondary N) is 1. The van der Waals surface area contributed by atoms with Gasteiger partial charge in [-0.25, -0.2) is 0 Å². The van der Waals surface area contributed by atoms with Crippen molar-refractivity contribution in [3.8, 4) is 0 Å². The molecule has 0 bridgehead atoms. The lowest BCUT2D eigenvalue weighted by atomic mass is 9.85. The molecule has 1 atom stereocenters. The summed E-state index contributed by atoms with van der Waals surface area (Å²) < 4.78 is 0. The zero-order chi connectivity index (χ0) is 17.5. The van der Waals surface area contributed by atoms with Gasteiger partial charge in [-0.15, -0.1) is 0 Å². The number of hydrogen-bond acceptors (Lipinski definition) is 2. The second-order valence-electron chi connectivity index (χ2n) is 6.90. The first-order chi connectivity index (χ1) is 12.3. The van der Waals surface area contributed by atoms with Crippen molar-refractivity contribution < 1.29 is 4.79 Å². The first-order valence-electron chi connectivity index (χ1n) is 9.35. The van der Waals surface area contributed by atoms with Crippen LogP contribution in [0, 0.1) is 5.92 Å². The Hall–Kier alpha value is -2.13. The molecule has 1 fully saturated rings. The van der Waals surface area contributed by atoms with Crippen molar-refractivity contribution >= 4 is 11.6 Å². The summed E-state index contributed by atoms with van der Waals surface area (Å²) in [6.45, 7) is 3.80. The number of piperidine rings is 1. The van der Waals surface area contributed by atoms with Gasteiger partial charge in [0.2, 0.25) is 5.91 Å². The average molecular weight is 336 g/mol. The summed E-state index contributed by atoms with van der Waals surface area (Å²) in [5.41, 5.74) is 2.37. The third-order valence-electron chi connectivity index (χ3n) is 5.20.